The van der Waals surface area contributed by atoms with Gasteiger partial charge in [-0.1, -0.05) is 13.8 Å². The summed E-state index contributed by atoms with van der Waals surface area (Å²) in [5, 5.41) is 10.0. The summed E-state index contributed by atoms with van der Waals surface area (Å²) in [6.07, 6.45) is 10.1. The van der Waals surface area contributed by atoms with Crippen LogP contribution in [-0.2, 0) is 4.79 Å². The van der Waals surface area contributed by atoms with Crippen LogP contribution in [0.4, 0.5) is 0 Å². The molecule has 0 aromatic heterocycles. The highest BCUT2D eigenvalue weighted by molar-refractivity contribution is 5.87. The highest BCUT2D eigenvalue weighted by atomic mass is 16.3. The molecule has 2 nitrogen and oxygen atoms in total. The molecule has 0 heterocycles. The molecule has 0 aromatic carbocycles. The van der Waals surface area contributed by atoms with Crippen LogP contribution >= 0.6 is 0 Å². The second-order valence-corrected chi connectivity index (χ2v) is 9.00. The summed E-state index contributed by atoms with van der Waals surface area (Å²) >= 11 is 0. The lowest BCUT2D eigenvalue weighted by molar-refractivity contribution is -0.142. The summed E-state index contributed by atoms with van der Waals surface area (Å²) in [5.41, 5.74) is 0.452. The number of aliphatic hydroxyl groups excluding tert-OH is 1. The van der Waals surface area contributed by atoms with Gasteiger partial charge in [0.05, 0.1) is 6.10 Å². The molecule has 0 aromatic rings. The van der Waals surface area contributed by atoms with Gasteiger partial charge in [-0.15, -0.1) is 0 Å². The number of fused-ring (bicyclic) bond motifs is 5. The SMILES string of the molecule is C[C@]12CC[C@H](O)C[C@@H]1CC[C@H]1[C@H]2CC[C@]2(C)C(=O)CC[C@@H]12. The number of rotatable bonds is 0. The van der Waals surface area contributed by atoms with E-state index in [1.807, 2.05) is 0 Å². The maximum absolute atomic E-state index is 12.4. The fraction of sp³-hybridized carbons (Fsp3) is 0.947. The first-order chi connectivity index (χ1) is 9.95. The predicted molar refractivity (Wildman–Crippen MR) is 82.7 cm³/mol. The van der Waals surface area contributed by atoms with E-state index in [1.54, 1.807) is 0 Å². The van der Waals surface area contributed by atoms with Crippen LogP contribution in [0.1, 0.15) is 71.6 Å². The second-order valence-electron chi connectivity index (χ2n) is 9.00. The van der Waals surface area contributed by atoms with E-state index in [1.165, 1.54) is 25.7 Å². The molecule has 4 aliphatic rings. The Morgan fingerprint density at radius 1 is 1.00 bits per heavy atom. The van der Waals surface area contributed by atoms with Gasteiger partial charge >= 0.3 is 0 Å². The highest BCUT2D eigenvalue weighted by Gasteiger charge is 2.60. The van der Waals surface area contributed by atoms with Crippen molar-refractivity contribution in [1.82, 2.24) is 0 Å². The van der Waals surface area contributed by atoms with E-state index in [0.717, 1.165) is 49.9 Å². The zero-order valence-corrected chi connectivity index (χ0v) is 13.6. The molecule has 118 valence electrons. The van der Waals surface area contributed by atoms with Crippen molar-refractivity contribution >= 4 is 5.78 Å². The quantitative estimate of drug-likeness (QED) is 0.733. The summed E-state index contributed by atoms with van der Waals surface area (Å²) in [6.45, 7) is 4.78. The van der Waals surface area contributed by atoms with Crippen molar-refractivity contribution in [2.24, 2.45) is 34.5 Å². The molecule has 21 heavy (non-hydrogen) atoms. The van der Waals surface area contributed by atoms with Crippen molar-refractivity contribution in [2.45, 2.75) is 77.7 Å². The monoisotopic (exact) mass is 290 g/mol. The Balaban J connectivity index is 1.64. The number of aliphatic hydroxyl groups is 1. The third-order valence-electron chi connectivity index (χ3n) is 8.35. The highest BCUT2D eigenvalue weighted by Crippen LogP contribution is 2.65. The molecule has 0 unspecified atom stereocenters. The maximum atomic E-state index is 12.4. The van der Waals surface area contributed by atoms with Crippen molar-refractivity contribution in [3.8, 4) is 0 Å². The fourth-order valence-corrected chi connectivity index (χ4v) is 7.01. The van der Waals surface area contributed by atoms with Gasteiger partial charge in [0.15, 0.2) is 0 Å². The molecular formula is C19H30O2. The molecule has 4 aliphatic carbocycles. The molecule has 4 rings (SSSR count). The minimum absolute atomic E-state index is 0.0124. The maximum Gasteiger partial charge on any atom is 0.139 e. The Kier molecular flexibility index (Phi) is 3.10. The van der Waals surface area contributed by atoms with E-state index in [-0.39, 0.29) is 11.5 Å². The van der Waals surface area contributed by atoms with Crippen molar-refractivity contribution < 1.29 is 9.90 Å². The van der Waals surface area contributed by atoms with Crippen LogP contribution in [0.5, 0.6) is 0 Å². The lowest BCUT2D eigenvalue weighted by Gasteiger charge is -2.60. The normalized spacial score (nSPS) is 56.5. The molecule has 7 atom stereocenters. The van der Waals surface area contributed by atoms with Crippen molar-refractivity contribution in [2.75, 3.05) is 0 Å². The largest absolute Gasteiger partial charge is 0.393 e. The van der Waals surface area contributed by atoms with Crippen LogP contribution in [0.15, 0.2) is 0 Å². The molecule has 0 spiro atoms. The third kappa shape index (κ3) is 1.84. The Hall–Kier alpha value is -0.370. The van der Waals surface area contributed by atoms with E-state index in [0.29, 0.717) is 17.1 Å². The molecule has 2 heteroatoms. The van der Waals surface area contributed by atoms with Gasteiger partial charge in [-0.05, 0) is 80.5 Å². The van der Waals surface area contributed by atoms with Gasteiger partial charge < -0.3 is 5.11 Å². The van der Waals surface area contributed by atoms with Crippen LogP contribution in [0.25, 0.3) is 0 Å². The van der Waals surface area contributed by atoms with Crippen LogP contribution < -0.4 is 0 Å². The van der Waals surface area contributed by atoms with Gasteiger partial charge in [-0.2, -0.15) is 0 Å². The van der Waals surface area contributed by atoms with E-state index < -0.39 is 0 Å². The average molecular weight is 290 g/mol. The molecule has 4 saturated carbocycles. The zero-order chi connectivity index (χ0) is 14.8. The fourth-order valence-electron chi connectivity index (χ4n) is 7.01. The number of hydrogen-bond donors (Lipinski definition) is 1. The molecular weight excluding hydrogens is 260 g/mol. The molecule has 1 N–H and O–H groups in total. The van der Waals surface area contributed by atoms with Crippen LogP contribution in [-0.4, -0.2) is 17.0 Å². The van der Waals surface area contributed by atoms with Crippen molar-refractivity contribution in [3.63, 3.8) is 0 Å². The number of carbonyl (C=O) groups excluding carboxylic acids is 1. The number of carbonyl (C=O) groups is 1. The number of hydrogen-bond acceptors (Lipinski definition) is 2. The second kappa shape index (κ2) is 4.57. The molecule has 0 amide bonds. The van der Waals surface area contributed by atoms with E-state index in [2.05, 4.69) is 13.8 Å². The van der Waals surface area contributed by atoms with Gasteiger partial charge in [-0.25, -0.2) is 0 Å². The van der Waals surface area contributed by atoms with Crippen molar-refractivity contribution in [1.29, 1.82) is 0 Å². The van der Waals surface area contributed by atoms with Gasteiger partial charge in [0, 0.05) is 11.8 Å². The third-order valence-corrected chi connectivity index (χ3v) is 8.35. The summed E-state index contributed by atoms with van der Waals surface area (Å²) < 4.78 is 0. The van der Waals surface area contributed by atoms with E-state index >= 15 is 0 Å². The van der Waals surface area contributed by atoms with Crippen molar-refractivity contribution in [3.05, 3.63) is 0 Å². The van der Waals surface area contributed by atoms with E-state index in [9.17, 15) is 9.90 Å². The molecule has 4 fully saturated rings. The number of Topliss-reactive ketones (excluding diaryl/α,β-unsaturated/α-hetero) is 1. The molecule has 0 aliphatic heterocycles. The standard InChI is InChI=1S/C19H30O2/c1-18-9-7-13(20)11-12(18)3-4-14-15-5-6-17(21)19(15,2)10-8-16(14)18/h12-16,20H,3-11H2,1-2H3/t12-,13-,14+,15-,16+,18-,19-/m0/s1. The van der Waals surface area contributed by atoms with Crippen LogP contribution in [0.3, 0.4) is 0 Å². The Morgan fingerprint density at radius 3 is 2.62 bits per heavy atom. The Bertz CT molecular complexity index is 458. The van der Waals surface area contributed by atoms with Crippen LogP contribution in [0.2, 0.25) is 0 Å². The smallest absolute Gasteiger partial charge is 0.139 e. The first kappa shape index (κ1) is 14.2. The average Bonchev–Trinajstić information content (AvgIpc) is 2.76. The summed E-state index contributed by atoms with van der Waals surface area (Å²) in [7, 11) is 0. The summed E-state index contributed by atoms with van der Waals surface area (Å²) in [4.78, 5) is 12.4. The zero-order valence-electron chi connectivity index (χ0n) is 13.6. The molecule has 0 saturated heterocycles. The Labute approximate surface area is 128 Å². The van der Waals surface area contributed by atoms with Gasteiger partial charge in [0.2, 0.25) is 0 Å². The topological polar surface area (TPSA) is 37.3 Å². The Morgan fingerprint density at radius 2 is 1.81 bits per heavy atom. The summed E-state index contributed by atoms with van der Waals surface area (Å²) in [6, 6.07) is 0. The van der Waals surface area contributed by atoms with Crippen LogP contribution in [0, 0.1) is 34.5 Å². The lowest BCUT2D eigenvalue weighted by Crippen LogP contribution is -2.54. The number of ketones is 1. The first-order valence-corrected chi connectivity index (χ1v) is 9.16. The van der Waals surface area contributed by atoms with Gasteiger partial charge in [0.25, 0.3) is 0 Å². The van der Waals surface area contributed by atoms with E-state index in [4.69, 9.17) is 0 Å². The first-order valence-electron chi connectivity index (χ1n) is 9.16. The molecule has 0 bridgehead atoms. The minimum atomic E-state index is -0.0541. The predicted octanol–water partition coefficient (Wildman–Crippen LogP) is 3.96. The van der Waals surface area contributed by atoms with Gasteiger partial charge in [0.1, 0.15) is 5.78 Å². The molecule has 0 radical (unpaired) electrons. The van der Waals surface area contributed by atoms with Gasteiger partial charge in [-0.3, -0.25) is 4.79 Å². The lowest BCUT2D eigenvalue weighted by atomic mass is 9.45. The summed E-state index contributed by atoms with van der Waals surface area (Å²) in [5.74, 6) is 3.54. The minimum Gasteiger partial charge on any atom is -0.393 e.